The lowest BCUT2D eigenvalue weighted by atomic mass is 10.0. The minimum atomic E-state index is 0.751. The van der Waals surface area contributed by atoms with Crippen LogP contribution in [0.1, 0.15) is 16.9 Å². The van der Waals surface area contributed by atoms with E-state index in [4.69, 9.17) is 4.42 Å². The van der Waals surface area contributed by atoms with E-state index in [1.165, 1.54) is 21.9 Å². The lowest BCUT2D eigenvalue weighted by Gasteiger charge is -2.03. The Labute approximate surface area is 147 Å². The van der Waals surface area contributed by atoms with Crippen LogP contribution in [0.25, 0.3) is 22.1 Å². The van der Waals surface area contributed by atoms with Gasteiger partial charge in [0.25, 0.3) is 0 Å². The van der Waals surface area contributed by atoms with Crippen LogP contribution < -0.4 is 0 Å². The molecule has 0 saturated heterocycles. The predicted molar refractivity (Wildman–Crippen MR) is 105 cm³/mol. The number of hydrogen-bond donors (Lipinski definition) is 0. The Morgan fingerprint density at radius 1 is 0.800 bits per heavy atom. The van der Waals surface area contributed by atoms with Gasteiger partial charge < -0.3 is 4.42 Å². The first-order chi connectivity index (χ1) is 12.2. The van der Waals surface area contributed by atoms with E-state index in [2.05, 4.69) is 73.4 Å². The van der Waals surface area contributed by atoms with Crippen LogP contribution in [-0.4, -0.2) is 6.21 Å². The van der Waals surface area contributed by atoms with Crippen molar-refractivity contribution in [3.63, 3.8) is 0 Å². The summed E-state index contributed by atoms with van der Waals surface area (Å²) in [5.74, 6) is 1.61. The molecule has 0 aliphatic heterocycles. The molecule has 4 aromatic rings. The number of nitrogens with zero attached hydrogens (tertiary/aromatic N) is 1. The van der Waals surface area contributed by atoms with Gasteiger partial charge in [-0.05, 0) is 60.0 Å². The molecule has 0 aliphatic carbocycles. The molecule has 2 nitrogen and oxygen atoms in total. The number of aryl methyl sites for hydroxylation is 2. The molecule has 122 valence electrons. The van der Waals surface area contributed by atoms with E-state index in [0.717, 1.165) is 22.8 Å². The van der Waals surface area contributed by atoms with Crippen LogP contribution in [0, 0.1) is 13.8 Å². The summed E-state index contributed by atoms with van der Waals surface area (Å²) in [6.07, 6.45) is 1.78. The summed E-state index contributed by atoms with van der Waals surface area (Å²) in [4.78, 5) is 4.53. The molecule has 0 amide bonds. The van der Waals surface area contributed by atoms with E-state index in [1.807, 2.05) is 18.2 Å². The van der Waals surface area contributed by atoms with Crippen molar-refractivity contribution in [3.05, 3.63) is 89.7 Å². The van der Waals surface area contributed by atoms with Gasteiger partial charge in [0.05, 0.1) is 11.9 Å². The Kier molecular flexibility index (Phi) is 3.95. The van der Waals surface area contributed by atoms with Crippen LogP contribution >= 0.6 is 0 Å². The number of benzene rings is 3. The van der Waals surface area contributed by atoms with Crippen molar-refractivity contribution in [2.75, 3.05) is 0 Å². The van der Waals surface area contributed by atoms with E-state index >= 15 is 0 Å². The maximum atomic E-state index is 6.00. The molecule has 0 radical (unpaired) electrons. The zero-order chi connectivity index (χ0) is 17.2. The SMILES string of the molecule is Cc1ccc(N=Cc2ccc(-c3cccc4ccccc34)o2)cc1C. The first-order valence-electron chi connectivity index (χ1n) is 8.40. The van der Waals surface area contributed by atoms with E-state index in [1.54, 1.807) is 6.21 Å². The summed E-state index contributed by atoms with van der Waals surface area (Å²) >= 11 is 0. The van der Waals surface area contributed by atoms with Crippen molar-refractivity contribution in [2.45, 2.75) is 13.8 Å². The largest absolute Gasteiger partial charge is 0.455 e. The molecule has 25 heavy (non-hydrogen) atoms. The summed E-state index contributed by atoms with van der Waals surface area (Å²) in [5.41, 5.74) is 4.55. The molecule has 0 atom stereocenters. The van der Waals surface area contributed by atoms with Gasteiger partial charge in [-0.2, -0.15) is 0 Å². The van der Waals surface area contributed by atoms with E-state index in [9.17, 15) is 0 Å². The van der Waals surface area contributed by atoms with Gasteiger partial charge >= 0.3 is 0 Å². The summed E-state index contributed by atoms with van der Waals surface area (Å²) < 4.78 is 6.00. The van der Waals surface area contributed by atoms with Crippen LogP contribution in [0.5, 0.6) is 0 Å². The zero-order valence-electron chi connectivity index (χ0n) is 14.4. The second kappa shape index (κ2) is 6.40. The highest BCUT2D eigenvalue weighted by molar-refractivity contribution is 5.95. The molecule has 0 fully saturated rings. The molecule has 1 heterocycles. The normalized spacial score (nSPS) is 11.4. The number of furan rings is 1. The molecule has 0 unspecified atom stereocenters. The first kappa shape index (κ1) is 15.4. The van der Waals surface area contributed by atoms with Crippen molar-refractivity contribution in [2.24, 2.45) is 4.99 Å². The van der Waals surface area contributed by atoms with Gasteiger partial charge in [0.15, 0.2) is 0 Å². The number of aliphatic imine (C=N–C) groups is 1. The third-order valence-electron chi connectivity index (χ3n) is 4.51. The third kappa shape index (κ3) is 3.11. The summed E-state index contributed by atoms with van der Waals surface area (Å²) in [7, 11) is 0. The Morgan fingerprint density at radius 2 is 1.64 bits per heavy atom. The van der Waals surface area contributed by atoms with Gasteiger partial charge in [0, 0.05) is 5.56 Å². The van der Waals surface area contributed by atoms with Crippen LogP contribution in [0.15, 0.2) is 82.2 Å². The Balaban J connectivity index is 1.65. The standard InChI is InChI=1S/C23H19NO/c1-16-10-11-19(14-17(16)2)24-15-20-12-13-23(25-20)22-9-5-7-18-6-3-4-8-21(18)22/h3-15H,1-2H3. The second-order valence-electron chi connectivity index (χ2n) is 6.26. The topological polar surface area (TPSA) is 25.5 Å². The quantitative estimate of drug-likeness (QED) is 0.396. The van der Waals surface area contributed by atoms with Crippen molar-refractivity contribution in [3.8, 4) is 11.3 Å². The van der Waals surface area contributed by atoms with Crippen molar-refractivity contribution in [1.82, 2.24) is 0 Å². The molecule has 0 spiro atoms. The highest BCUT2D eigenvalue weighted by Crippen LogP contribution is 2.29. The minimum Gasteiger partial charge on any atom is -0.455 e. The van der Waals surface area contributed by atoms with Gasteiger partial charge in [-0.3, -0.25) is 4.99 Å². The van der Waals surface area contributed by atoms with Crippen LogP contribution in [0.4, 0.5) is 5.69 Å². The smallest absolute Gasteiger partial charge is 0.145 e. The monoisotopic (exact) mass is 325 g/mol. The fraction of sp³-hybridized carbons (Fsp3) is 0.0870. The molecule has 4 rings (SSSR count). The van der Waals surface area contributed by atoms with Crippen molar-refractivity contribution >= 4 is 22.7 Å². The maximum Gasteiger partial charge on any atom is 0.145 e. The van der Waals surface area contributed by atoms with E-state index < -0.39 is 0 Å². The molecule has 3 aromatic carbocycles. The summed E-state index contributed by atoms with van der Waals surface area (Å²) in [6, 6.07) is 24.8. The lowest BCUT2D eigenvalue weighted by molar-refractivity contribution is 0.576. The van der Waals surface area contributed by atoms with Crippen LogP contribution in [0.3, 0.4) is 0 Å². The van der Waals surface area contributed by atoms with Crippen molar-refractivity contribution in [1.29, 1.82) is 0 Å². The highest BCUT2D eigenvalue weighted by Gasteiger charge is 2.07. The van der Waals surface area contributed by atoms with Crippen LogP contribution in [-0.2, 0) is 0 Å². The van der Waals surface area contributed by atoms with Gasteiger partial charge in [-0.15, -0.1) is 0 Å². The van der Waals surface area contributed by atoms with Gasteiger partial charge in [0.2, 0.25) is 0 Å². The molecule has 0 N–H and O–H groups in total. The summed E-state index contributed by atoms with van der Waals surface area (Å²) in [5, 5.41) is 2.40. The first-order valence-corrected chi connectivity index (χ1v) is 8.40. The molecule has 0 saturated carbocycles. The molecule has 0 aliphatic rings. The molecular formula is C23H19NO. The Hall–Kier alpha value is -3.13. The average Bonchev–Trinajstić information content (AvgIpc) is 3.11. The van der Waals surface area contributed by atoms with E-state index in [-0.39, 0.29) is 0 Å². The third-order valence-corrected chi connectivity index (χ3v) is 4.51. The number of fused-ring (bicyclic) bond motifs is 1. The van der Waals surface area contributed by atoms with Gasteiger partial charge in [-0.25, -0.2) is 0 Å². The highest BCUT2D eigenvalue weighted by atomic mass is 16.3. The zero-order valence-corrected chi connectivity index (χ0v) is 14.4. The second-order valence-corrected chi connectivity index (χ2v) is 6.26. The minimum absolute atomic E-state index is 0.751. The average molecular weight is 325 g/mol. The fourth-order valence-corrected chi connectivity index (χ4v) is 2.95. The molecule has 0 bridgehead atoms. The van der Waals surface area contributed by atoms with Crippen LogP contribution in [0.2, 0.25) is 0 Å². The van der Waals surface area contributed by atoms with Crippen molar-refractivity contribution < 1.29 is 4.42 Å². The van der Waals surface area contributed by atoms with Gasteiger partial charge in [0.1, 0.15) is 11.5 Å². The fourth-order valence-electron chi connectivity index (χ4n) is 2.95. The molecule has 2 heteroatoms. The maximum absolute atomic E-state index is 6.00. The lowest BCUT2D eigenvalue weighted by Crippen LogP contribution is -1.80. The van der Waals surface area contributed by atoms with E-state index in [0.29, 0.717) is 0 Å². The molecular weight excluding hydrogens is 306 g/mol. The summed E-state index contributed by atoms with van der Waals surface area (Å²) in [6.45, 7) is 4.20. The Morgan fingerprint density at radius 3 is 2.52 bits per heavy atom. The molecule has 1 aromatic heterocycles. The predicted octanol–water partition coefficient (Wildman–Crippen LogP) is 6.47. The number of hydrogen-bond acceptors (Lipinski definition) is 2. The Bertz CT molecular complexity index is 1070. The number of rotatable bonds is 3. The van der Waals surface area contributed by atoms with Gasteiger partial charge in [-0.1, -0.05) is 48.5 Å².